The SMILES string of the molecule is COc1cccc2ccn(C[C@H](C)N)c12. The van der Waals surface area contributed by atoms with Gasteiger partial charge in [0, 0.05) is 24.2 Å². The lowest BCUT2D eigenvalue weighted by atomic mass is 10.2. The Hall–Kier alpha value is -1.48. The highest BCUT2D eigenvalue weighted by molar-refractivity contribution is 5.85. The fraction of sp³-hybridized carbons (Fsp3) is 0.333. The minimum absolute atomic E-state index is 0.144. The van der Waals surface area contributed by atoms with Gasteiger partial charge in [0.05, 0.1) is 12.6 Å². The molecule has 1 heterocycles. The van der Waals surface area contributed by atoms with E-state index in [1.807, 2.05) is 19.1 Å². The molecule has 0 aliphatic heterocycles. The normalized spacial score (nSPS) is 13.0. The van der Waals surface area contributed by atoms with Crippen molar-refractivity contribution in [3.8, 4) is 5.75 Å². The lowest BCUT2D eigenvalue weighted by Gasteiger charge is -2.10. The van der Waals surface area contributed by atoms with E-state index in [0.717, 1.165) is 17.8 Å². The Labute approximate surface area is 89.4 Å². The van der Waals surface area contributed by atoms with Crippen LogP contribution in [0, 0.1) is 0 Å². The number of methoxy groups -OCH3 is 1. The first-order valence-electron chi connectivity index (χ1n) is 5.10. The molecule has 0 bridgehead atoms. The molecule has 1 aromatic carbocycles. The van der Waals surface area contributed by atoms with E-state index in [4.69, 9.17) is 10.5 Å². The molecular formula is C12H16N2O. The maximum absolute atomic E-state index is 5.80. The number of aromatic nitrogens is 1. The van der Waals surface area contributed by atoms with E-state index in [2.05, 4.69) is 22.9 Å². The third-order valence-electron chi connectivity index (χ3n) is 2.46. The van der Waals surface area contributed by atoms with Gasteiger partial charge in [-0.3, -0.25) is 0 Å². The van der Waals surface area contributed by atoms with Gasteiger partial charge in [-0.15, -0.1) is 0 Å². The number of para-hydroxylation sites is 1. The molecule has 2 aromatic rings. The van der Waals surface area contributed by atoms with Gasteiger partial charge in [0.2, 0.25) is 0 Å². The molecule has 0 radical (unpaired) electrons. The van der Waals surface area contributed by atoms with E-state index < -0.39 is 0 Å². The summed E-state index contributed by atoms with van der Waals surface area (Å²) < 4.78 is 7.48. The average Bonchev–Trinajstić information content (AvgIpc) is 2.61. The summed E-state index contributed by atoms with van der Waals surface area (Å²) >= 11 is 0. The summed E-state index contributed by atoms with van der Waals surface area (Å²) in [6.07, 6.45) is 2.05. The summed E-state index contributed by atoms with van der Waals surface area (Å²) in [5.41, 5.74) is 6.93. The highest BCUT2D eigenvalue weighted by Crippen LogP contribution is 2.26. The summed E-state index contributed by atoms with van der Waals surface area (Å²) in [6.45, 7) is 2.81. The van der Waals surface area contributed by atoms with Crippen LogP contribution in [0.5, 0.6) is 5.75 Å². The summed E-state index contributed by atoms with van der Waals surface area (Å²) in [5, 5.41) is 1.19. The van der Waals surface area contributed by atoms with Crippen LogP contribution >= 0.6 is 0 Å². The number of benzene rings is 1. The zero-order valence-electron chi connectivity index (χ0n) is 9.10. The molecule has 0 amide bonds. The van der Waals surface area contributed by atoms with Crippen LogP contribution in [0.4, 0.5) is 0 Å². The van der Waals surface area contributed by atoms with Crippen molar-refractivity contribution < 1.29 is 4.74 Å². The number of nitrogens with two attached hydrogens (primary N) is 1. The maximum Gasteiger partial charge on any atom is 0.143 e. The van der Waals surface area contributed by atoms with Gasteiger partial charge in [0.25, 0.3) is 0 Å². The van der Waals surface area contributed by atoms with Crippen molar-refractivity contribution in [1.29, 1.82) is 0 Å². The lowest BCUT2D eigenvalue weighted by Crippen LogP contribution is -2.21. The number of rotatable bonds is 3. The van der Waals surface area contributed by atoms with Crippen LogP contribution in [0.25, 0.3) is 10.9 Å². The van der Waals surface area contributed by atoms with Gasteiger partial charge in [-0.1, -0.05) is 12.1 Å². The number of ether oxygens (including phenoxy) is 1. The number of fused-ring (bicyclic) bond motifs is 1. The van der Waals surface area contributed by atoms with Crippen LogP contribution in [-0.4, -0.2) is 17.7 Å². The second-order valence-electron chi connectivity index (χ2n) is 3.84. The van der Waals surface area contributed by atoms with Gasteiger partial charge in [-0.05, 0) is 19.1 Å². The molecule has 0 unspecified atom stereocenters. The van der Waals surface area contributed by atoms with Crippen LogP contribution in [-0.2, 0) is 6.54 Å². The second-order valence-corrected chi connectivity index (χ2v) is 3.84. The van der Waals surface area contributed by atoms with E-state index in [9.17, 15) is 0 Å². The monoisotopic (exact) mass is 204 g/mol. The lowest BCUT2D eigenvalue weighted by molar-refractivity contribution is 0.416. The molecule has 3 nitrogen and oxygen atoms in total. The first-order chi connectivity index (χ1) is 7.22. The largest absolute Gasteiger partial charge is 0.495 e. The summed E-state index contributed by atoms with van der Waals surface area (Å²) in [4.78, 5) is 0. The zero-order valence-corrected chi connectivity index (χ0v) is 9.10. The molecule has 0 aliphatic carbocycles. The van der Waals surface area contributed by atoms with Crippen molar-refractivity contribution in [2.24, 2.45) is 5.73 Å². The summed E-state index contributed by atoms with van der Waals surface area (Å²) in [7, 11) is 1.69. The highest BCUT2D eigenvalue weighted by Gasteiger charge is 2.07. The molecule has 1 aromatic heterocycles. The van der Waals surface area contributed by atoms with E-state index in [0.29, 0.717) is 0 Å². The molecule has 0 saturated heterocycles. The third-order valence-corrected chi connectivity index (χ3v) is 2.46. The van der Waals surface area contributed by atoms with Crippen molar-refractivity contribution in [2.75, 3.05) is 7.11 Å². The second kappa shape index (κ2) is 3.95. The van der Waals surface area contributed by atoms with Gasteiger partial charge in [0.1, 0.15) is 5.75 Å². The van der Waals surface area contributed by atoms with Crippen LogP contribution in [0.3, 0.4) is 0 Å². The predicted octanol–water partition coefficient (Wildman–Crippen LogP) is 2.00. The Bertz CT molecular complexity index is 460. The molecule has 0 saturated carbocycles. The number of nitrogens with zero attached hydrogens (tertiary/aromatic N) is 1. The number of hydrogen-bond acceptors (Lipinski definition) is 2. The van der Waals surface area contributed by atoms with Crippen molar-refractivity contribution in [1.82, 2.24) is 4.57 Å². The van der Waals surface area contributed by atoms with Crippen molar-refractivity contribution in [3.05, 3.63) is 30.5 Å². The molecular weight excluding hydrogens is 188 g/mol. The van der Waals surface area contributed by atoms with Crippen molar-refractivity contribution >= 4 is 10.9 Å². The van der Waals surface area contributed by atoms with E-state index >= 15 is 0 Å². The van der Waals surface area contributed by atoms with E-state index in [1.54, 1.807) is 7.11 Å². The van der Waals surface area contributed by atoms with E-state index in [-0.39, 0.29) is 6.04 Å². The van der Waals surface area contributed by atoms with Gasteiger partial charge in [-0.2, -0.15) is 0 Å². The van der Waals surface area contributed by atoms with Crippen LogP contribution in [0.2, 0.25) is 0 Å². The topological polar surface area (TPSA) is 40.2 Å². The quantitative estimate of drug-likeness (QED) is 0.830. The fourth-order valence-corrected chi connectivity index (χ4v) is 1.85. The maximum atomic E-state index is 5.80. The van der Waals surface area contributed by atoms with Crippen LogP contribution < -0.4 is 10.5 Å². The van der Waals surface area contributed by atoms with Crippen LogP contribution in [0.15, 0.2) is 30.5 Å². The molecule has 2 N–H and O–H groups in total. The third kappa shape index (κ3) is 1.83. The Balaban J connectivity index is 2.55. The average molecular weight is 204 g/mol. The standard InChI is InChI=1S/C12H16N2O/c1-9(13)8-14-7-6-10-4-3-5-11(15-2)12(10)14/h3-7,9H,8,13H2,1-2H3/t9-/m0/s1. The Morgan fingerprint density at radius 2 is 2.20 bits per heavy atom. The Kier molecular flexibility index (Phi) is 2.64. The fourth-order valence-electron chi connectivity index (χ4n) is 1.85. The molecule has 3 heteroatoms. The molecule has 0 fully saturated rings. The van der Waals surface area contributed by atoms with Crippen molar-refractivity contribution in [3.63, 3.8) is 0 Å². The Morgan fingerprint density at radius 1 is 1.40 bits per heavy atom. The first-order valence-corrected chi connectivity index (χ1v) is 5.10. The molecule has 0 spiro atoms. The van der Waals surface area contributed by atoms with E-state index in [1.165, 1.54) is 5.39 Å². The molecule has 0 aliphatic rings. The number of hydrogen-bond donors (Lipinski definition) is 1. The molecule has 1 atom stereocenters. The van der Waals surface area contributed by atoms with Gasteiger partial charge in [0.15, 0.2) is 0 Å². The minimum atomic E-state index is 0.144. The smallest absolute Gasteiger partial charge is 0.143 e. The van der Waals surface area contributed by atoms with Gasteiger partial charge in [-0.25, -0.2) is 0 Å². The van der Waals surface area contributed by atoms with Gasteiger partial charge >= 0.3 is 0 Å². The predicted molar refractivity (Wildman–Crippen MR) is 62.1 cm³/mol. The summed E-state index contributed by atoms with van der Waals surface area (Å²) in [5.74, 6) is 0.901. The van der Waals surface area contributed by atoms with Crippen LogP contribution in [0.1, 0.15) is 6.92 Å². The molecule has 2 rings (SSSR count). The first kappa shape index (κ1) is 10.1. The molecule has 80 valence electrons. The highest BCUT2D eigenvalue weighted by atomic mass is 16.5. The van der Waals surface area contributed by atoms with Crippen molar-refractivity contribution in [2.45, 2.75) is 19.5 Å². The molecule has 15 heavy (non-hydrogen) atoms. The minimum Gasteiger partial charge on any atom is -0.495 e. The zero-order chi connectivity index (χ0) is 10.8. The summed E-state index contributed by atoms with van der Waals surface area (Å²) in [6, 6.07) is 8.28. The van der Waals surface area contributed by atoms with Gasteiger partial charge < -0.3 is 15.0 Å². The Morgan fingerprint density at radius 3 is 2.87 bits per heavy atom.